The van der Waals surface area contributed by atoms with Crippen molar-refractivity contribution in [1.29, 1.82) is 0 Å². The van der Waals surface area contributed by atoms with Gasteiger partial charge in [0.2, 0.25) is 15.9 Å². The van der Waals surface area contributed by atoms with Gasteiger partial charge in [-0.25, -0.2) is 8.42 Å². The van der Waals surface area contributed by atoms with Crippen LogP contribution in [0.2, 0.25) is 0 Å². The molecule has 8 nitrogen and oxygen atoms in total. The predicted molar refractivity (Wildman–Crippen MR) is 133 cm³/mol. The molecule has 0 aliphatic heterocycles. The van der Waals surface area contributed by atoms with Crippen LogP contribution >= 0.6 is 11.8 Å². The van der Waals surface area contributed by atoms with Crippen LogP contribution in [0.25, 0.3) is 22.4 Å². The molecule has 0 saturated heterocycles. The summed E-state index contributed by atoms with van der Waals surface area (Å²) in [5.74, 6) is 0.161. The molecule has 4 aromatic rings. The van der Waals surface area contributed by atoms with Crippen LogP contribution in [0.4, 0.5) is 0 Å². The van der Waals surface area contributed by atoms with Gasteiger partial charge < -0.3 is 9.40 Å². The maximum atomic E-state index is 13.2. The van der Waals surface area contributed by atoms with E-state index < -0.39 is 15.3 Å². The number of ketones is 1. The zero-order valence-electron chi connectivity index (χ0n) is 19.4. The molecule has 2 aromatic carbocycles. The number of fused-ring (bicyclic) bond motifs is 1. The van der Waals surface area contributed by atoms with Crippen molar-refractivity contribution in [2.24, 2.45) is 0 Å². The largest absolute Gasteiger partial charge is 0.411 e. The Hall–Kier alpha value is -2.95. The summed E-state index contributed by atoms with van der Waals surface area (Å²) in [7, 11) is -3.61. The van der Waals surface area contributed by atoms with Crippen molar-refractivity contribution >= 4 is 38.5 Å². The number of H-pyrrole nitrogens is 1. The van der Waals surface area contributed by atoms with Gasteiger partial charge in [-0.15, -0.1) is 10.2 Å². The fourth-order valence-electron chi connectivity index (χ4n) is 3.88. The molecule has 0 saturated carbocycles. The van der Waals surface area contributed by atoms with E-state index in [0.717, 1.165) is 16.6 Å². The molecule has 0 spiro atoms. The number of hydrogen-bond acceptors (Lipinski definition) is 7. The van der Waals surface area contributed by atoms with E-state index in [1.54, 1.807) is 39.0 Å². The van der Waals surface area contributed by atoms with Crippen LogP contribution < -0.4 is 0 Å². The summed E-state index contributed by atoms with van der Waals surface area (Å²) in [5, 5.41) is 8.81. The zero-order valence-corrected chi connectivity index (χ0v) is 21.0. The Morgan fingerprint density at radius 2 is 1.85 bits per heavy atom. The first-order valence-corrected chi connectivity index (χ1v) is 13.3. The average molecular weight is 499 g/mol. The first kappa shape index (κ1) is 24.2. The van der Waals surface area contributed by atoms with Gasteiger partial charge in [0.15, 0.2) is 5.78 Å². The number of para-hydroxylation sites is 1. The standard InChI is InChI=1S/C24H26N4O4S2/c1-5-28(6-2)34(30,31)18-11-9-10-17(14-18)23-26-27-24(32-23)33-16(4)22(29)21-15(3)25-20-13-8-7-12-19(20)21/h7-14,16,25H,5-6H2,1-4H3/t16-/m1/s1. The van der Waals surface area contributed by atoms with Crippen LogP contribution in [-0.2, 0) is 10.0 Å². The molecule has 0 bridgehead atoms. The summed E-state index contributed by atoms with van der Waals surface area (Å²) in [6.07, 6.45) is 0. The number of hydrogen-bond donors (Lipinski definition) is 1. The van der Waals surface area contributed by atoms with Crippen molar-refractivity contribution in [3.8, 4) is 11.5 Å². The number of thioether (sulfide) groups is 1. The molecule has 0 amide bonds. The second-order valence-electron chi connectivity index (χ2n) is 7.79. The molecule has 0 radical (unpaired) electrons. The lowest BCUT2D eigenvalue weighted by molar-refractivity contribution is 0.0994. The highest BCUT2D eigenvalue weighted by Gasteiger charge is 2.25. The third kappa shape index (κ3) is 4.53. The Balaban J connectivity index is 1.55. The van der Waals surface area contributed by atoms with Crippen molar-refractivity contribution in [2.45, 2.75) is 43.1 Å². The minimum Gasteiger partial charge on any atom is -0.411 e. The first-order chi connectivity index (χ1) is 16.3. The van der Waals surface area contributed by atoms with E-state index in [1.165, 1.54) is 22.1 Å². The maximum absolute atomic E-state index is 13.2. The molecule has 178 valence electrons. The first-order valence-electron chi connectivity index (χ1n) is 11.0. The van der Waals surface area contributed by atoms with E-state index in [2.05, 4.69) is 15.2 Å². The van der Waals surface area contributed by atoms with Crippen LogP contribution in [0.15, 0.2) is 63.1 Å². The Bertz CT molecular complexity index is 1440. The topological polar surface area (TPSA) is 109 Å². The number of nitrogens with one attached hydrogen (secondary N) is 1. The van der Waals surface area contributed by atoms with E-state index in [0.29, 0.717) is 24.2 Å². The van der Waals surface area contributed by atoms with Gasteiger partial charge in [0.25, 0.3) is 5.22 Å². The second-order valence-corrected chi connectivity index (χ2v) is 11.0. The minimum absolute atomic E-state index is 0.0352. The second kappa shape index (κ2) is 9.73. The lowest BCUT2D eigenvalue weighted by Crippen LogP contribution is -2.30. The van der Waals surface area contributed by atoms with E-state index in [4.69, 9.17) is 4.42 Å². The molecule has 0 aliphatic carbocycles. The van der Waals surface area contributed by atoms with Gasteiger partial charge in [-0.2, -0.15) is 4.31 Å². The summed E-state index contributed by atoms with van der Waals surface area (Å²) < 4.78 is 32.9. The molecule has 34 heavy (non-hydrogen) atoms. The van der Waals surface area contributed by atoms with Crippen LogP contribution in [-0.4, -0.2) is 52.0 Å². The monoisotopic (exact) mass is 498 g/mol. The number of aromatic amines is 1. The minimum atomic E-state index is -3.61. The van der Waals surface area contributed by atoms with Gasteiger partial charge in [0, 0.05) is 40.8 Å². The highest BCUT2D eigenvalue weighted by atomic mass is 32.2. The van der Waals surface area contributed by atoms with Gasteiger partial charge in [0.05, 0.1) is 10.1 Å². The molecule has 0 aliphatic rings. The number of carbonyl (C=O) groups is 1. The van der Waals surface area contributed by atoms with E-state index in [9.17, 15) is 13.2 Å². The van der Waals surface area contributed by atoms with Crippen molar-refractivity contribution in [3.63, 3.8) is 0 Å². The molecular formula is C24H26N4O4S2. The predicted octanol–water partition coefficient (Wildman–Crippen LogP) is 4.92. The van der Waals surface area contributed by atoms with Crippen molar-refractivity contribution in [2.75, 3.05) is 13.1 Å². The molecule has 0 fully saturated rings. The van der Waals surface area contributed by atoms with Crippen LogP contribution in [0, 0.1) is 6.92 Å². The van der Waals surface area contributed by atoms with Crippen molar-refractivity contribution in [3.05, 3.63) is 59.8 Å². The maximum Gasteiger partial charge on any atom is 0.277 e. The Labute approximate surface area is 202 Å². The van der Waals surface area contributed by atoms with Crippen LogP contribution in [0.1, 0.15) is 36.8 Å². The van der Waals surface area contributed by atoms with E-state index in [-0.39, 0.29) is 21.8 Å². The highest BCUT2D eigenvalue weighted by Crippen LogP contribution is 2.31. The van der Waals surface area contributed by atoms with Crippen LogP contribution in [0.5, 0.6) is 0 Å². The summed E-state index contributed by atoms with van der Waals surface area (Å²) in [6.45, 7) is 8.04. The van der Waals surface area contributed by atoms with E-state index >= 15 is 0 Å². The number of nitrogens with zero attached hydrogens (tertiary/aromatic N) is 3. The number of carbonyl (C=O) groups excluding carboxylic acids is 1. The molecule has 1 N–H and O–H groups in total. The Kier molecular flexibility index (Phi) is 6.92. The quantitative estimate of drug-likeness (QED) is 0.258. The van der Waals surface area contributed by atoms with Crippen LogP contribution in [0.3, 0.4) is 0 Å². The third-order valence-corrected chi connectivity index (χ3v) is 8.60. The van der Waals surface area contributed by atoms with Crippen molar-refractivity contribution < 1.29 is 17.6 Å². The number of Topliss-reactive ketones (excluding diaryl/α,β-unsaturated/α-hetero) is 1. The molecular weight excluding hydrogens is 472 g/mol. The average Bonchev–Trinajstić information content (AvgIpc) is 3.42. The summed E-state index contributed by atoms with van der Waals surface area (Å²) >= 11 is 1.17. The molecule has 1 atom stereocenters. The fourth-order valence-corrected chi connectivity index (χ4v) is 6.13. The third-order valence-electron chi connectivity index (χ3n) is 5.62. The summed E-state index contributed by atoms with van der Waals surface area (Å²) in [4.78, 5) is 16.6. The Morgan fingerprint density at radius 1 is 1.12 bits per heavy atom. The number of aromatic nitrogens is 3. The lowest BCUT2D eigenvalue weighted by Gasteiger charge is -2.18. The molecule has 10 heteroatoms. The van der Waals surface area contributed by atoms with Gasteiger partial charge >= 0.3 is 0 Å². The molecule has 0 unspecified atom stereocenters. The van der Waals surface area contributed by atoms with E-state index in [1.807, 2.05) is 31.2 Å². The SMILES string of the molecule is CCN(CC)S(=O)(=O)c1cccc(-c2nnc(S[C@H](C)C(=O)c3c(C)[nH]c4ccccc34)o2)c1. The molecule has 2 heterocycles. The number of rotatable bonds is 9. The number of benzene rings is 2. The van der Waals surface area contributed by atoms with Gasteiger partial charge in [-0.3, -0.25) is 4.79 Å². The smallest absolute Gasteiger partial charge is 0.277 e. The highest BCUT2D eigenvalue weighted by molar-refractivity contribution is 8.00. The fraction of sp³-hybridized carbons (Fsp3) is 0.292. The lowest BCUT2D eigenvalue weighted by atomic mass is 10.1. The number of sulfonamides is 1. The van der Waals surface area contributed by atoms with Gasteiger partial charge in [-0.05, 0) is 38.1 Å². The Morgan fingerprint density at radius 3 is 2.59 bits per heavy atom. The summed E-state index contributed by atoms with van der Waals surface area (Å²) in [5.41, 5.74) is 2.89. The molecule has 4 rings (SSSR count). The molecule has 2 aromatic heterocycles. The normalized spacial score (nSPS) is 13.0. The number of aryl methyl sites for hydroxylation is 1. The van der Waals surface area contributed by atoms with Crippen molar-refractivity contribution in [1.82, 2.24) is 19.5 Å². The van der Waals surface area contributed by atoms with Gasteiger partial charge in [0.1, 0.15) is 0 Å². The zero-order chi connectivity index (χ0) is 24.5. The summed E-state index contributed by atoms with van der Waals surface area (Å²) in [6, 6.07) is 14.1. The van der Waals surface area contributed by atoms with Gasteiger partial charge in [-0.1, -0.05) is 49.9 Å².